The summed E-state index contributed by atoms with van der Waals surface area (Å²) >= 11 is 0. The fourth-order valence-electron chi connectivity index (χ4n) is 3.17. The van der Waals surface area contributed by atoms with Crippen LogP contribution in [0.25, 0.3) is 0 Å². The minimum atomic E-state index is -3.74. The monoisotopic (exact) mass is 463 g/mol. The molecule has 32 heavy (non-hydrogen) atoms. The normalized spacial score (nSPS) is 11.6. The molecule has 2 rings (SSSR count). The Hall–Kier alpha value is -2.62. The second-order valence-corrected chi connectivity index (χ2v) is 9.87. The van der Waals surface area contributed by atoms with Gasteiger partial charge in [-0.2, -0.15) is 0 Å². The van der Waals surface area contributed by atoms with Crippen molar-refractivity contribution in [2.24, 2.45) is 0 Å². The third kappa shape index (κ3) is 6.94. The summed E-state index contributed by atoms with van der Waals surface area (Å²) in [4.78, 5) is 14.6. The number of carbonyl (C=O) groups excluding carboxylic acids is 1. The number of amides is 1. The van der Waals surface area contributed by atoms with Crippen molar-refractivity contribution in [1.82, 2.24) is 9.21 Å². The summed E-state index contributed by atoms with van der Waals surface area (Å²) in [7, 11) is 3.23. The third-order valence-electron chi connectivity index (χ3n) is 4.94. The van der Waals surface area contributed by atoms with Crippen molar-refractivity contribution < 1.29 is 22.7 Å². The van der Waals surface area contributed by atoms with Crippen molar-refractivity contribution in [3.8, 4) is 11.5 Å². The lowest BCUT2D eigenvalue weighted by atomic mass is 10.1. The fraction of sp³-hybridized carbons (Fsp3) is 0.435. The summed E-state index contributed by atoms with van der Waals surface area (Å²) < 4.78 is 38.1. The second kappa shape index (κ2) is 11.3. The number of hydrogen-bond acceptors (Lipinski definition) is 6. The van der Waals surface area contributed by atoms with E-state index in [1.165, 1.54) is 11.4 Å². The highest BCUT2D eigenvalue weighted by Crippen LogP contribution is 2.27. The lowest BCUT2D eigenvalue weighted by molar-refractivity contribution is -0.116. The predicted molar refractivity (Wildman–Crippen MR) is 126 cm³/mol. The quantitative estimate of drug-likeness (QED) is 0.551. The SMILES string of the molecule is COc1cc(C)c(S(=O)(=O)N(C)CCC(=O)Nc2ccc(OCCN(C)C)cc2)c(C)c1. The molecule has 0 spiro atoms. The molecule has 176 valence electrons. The molecule has 0 saturated carbocycles. The molecule has 0 unspecified atom stereocenters. The van der Waals surface area contributed by atoms with Gasteiger partial charge >= 0.3 is 0 Å². The summed E-state index contributed by atoms with van der Waals surface area (Å²) in [6, 6.07) is 10.5. The molecule has 0 radical (unpaired) electrons. The third-order valence-corrected chi connectivity index (χ3v) is 7.10. The van der Waals surface area contributed by atoms with Crippen LogP contribution in [0, 0.1) is 13.8 Å². The molecule has 1 N–H and O–H groups in total. The van der Waals surface area contributed by atoms with Gasteiger partial charge in [0.1, 0.15) is 18.1 Å². The average molecular weight is 464 g/mol. The summed E-state index contributed by atoms with van der Waals surface area (Å²) in [5, 5.41) is 2.79. The molecule has 0 heterocycles. The number of nitrogens with zero attached hydrogens (tertiary/aromatic N) is 2. The van der Waals surface area contributed by atoms with Crippen molar-refractivity contribution in [2.45, 2.75) is 25.2 Å². The number of rotatable bonds is 11. The number of ether oxygens (including phenoxy) is 2. The van der Waals surface area contributed by atoms with Crippen LogP contribution >= 0.6 is 0 Å². The molecule has 0 fully saturated rings. The van der Waals surface area contributed by atoms with Crippen LogP contribution in [-0.4, -0.2) is 71.5 Å². The largest absolute Gasteiger partial charge is 0.497 e. The molecule has 0 aliphatic carbocycles. The van der Waals surface area contributed by atoms with Gasteiger partial charge in [-0.25, -0.2) is 12.7 Å². The van der Waals surface area contributed by atoms with E-state index in [1.54, 1.807) is 57.4 Å². The van der Waals surface area contributed by atoms with E-state index in [1.807, 2.05) is 19.0 Å². The molecule has 0 aliphatic heterocycles. The molecule has 0 atom stereocenters. The van der Waals surface area contributed by atoms with E-state index in [0.29, 0.717) is 29.2 Å². The number of methoxy groups -OCH3 is 1. The van der Waals surface area contributed by atoms with Crippen molar-refractivity contribution in [3.05, 3.63) is 47.5 Å². The maximum Gasteiger partial charge on any atom is 0.243 e. The molecular weight excluding hydrogens is 430 g/mol. The summed E-state index contributed by atoms with van der Waals surface area (Å²) in [5.74, 6) is 1.06. The van der Waals surface area contributed by atoms with E-state index in [4.69, 9.17) is 9.47 Å². The lowest BCUT2D eigenvalue weighted by Crippen LogP contribution is -2.31. The zero-order chi connectivity index (χ0) is 23.9. The summed E-state index contributed by atoms with van der Waals surface area (Å²) in [6.07, 6.45) is 0.0328. The molecule has 0 saturated heterocycles. The van der Waals surface area contributed by atoms with Crippen LogP contribution in [0.3, 0.4) is 0 Å². The Morgan fingerprint density at radius 1 is 0.969 bits per heavy atom. The number of sulfonamides is 1. The Bertz CT molecular complexity index is 997. The fourth-order valence-corrected chi connectivity index (χ4v) is 4.75. The van der Waals surface area contributed by atoms with Crippen LogP contribution in [0.1, 0.15) is 17.5 Å². The minimum absolute atomic E-state index is 0.0328. The number of hydrogen-bond donors (Lipinski definition) is 1. The standard InChI is InChI=1S/C23H33N3O5S/c1-17-15-21(30-6)16-18(2)23(17)32(28,29)26(5)12-11-22(27)24-19-7-9-20(10-8-19)31-14-13-25(3)4/h7-10,15-16H,11-14H2,1-6H3,(H,24,27). The maximum absolute atomic E-state index is 13.0. The molecule has 9 heteroatoms. The first-order valence-corrected chi connectivity index (χ1v) is 11.8. The van der Waals surface area contributed by atoms with E-state index < -0.39 is 10.0 Å². The smallest absolute Gasteiger partial charge is 0.243 e. The Morgan fingerprint density at radius 2 is 1.56 bits per heavy atom. The second-order valence-electron chi connectivity index (χ2n) is 7.89. The molecule has 0 aromatic heterocycles. The molecule has 2 aromatic rings. The van der Waals surface area contributed by atoms with E-state index >= 15 is 0 Å². The van der Waals surface area contributed by atoms with Crippen LogP contribution < -0.4 is 14.8 Å². The Morgan fingerprint density at radius 3 is 2.09 bits per heavy atom. The van der Waals surface area contributed by atoms with Gasteiger partial charge < -0.3 is 19.7 Å². The van der Waals surface area contributed by atoms with E-state index in [2.05, 4.69) is 5.32 Å². The van der Waals surface area contributed by atoms with Crippen molar-refractivity contribution >= 4 is 21.6 Å². The van der Waals surface area contributed by atoms with E-state index in [9.17, 15) is 13.2 Å². The van der Waals surface area contributed by atoms with Crippen LogP contribution in [0.2, 0.25) is 0 Å². The van der Waals surface area contributed by atoms with Crippen molar-refractivity contribution in [3.63, 3.8) is 0 Å². The molecular formula is C23H33N3O5S. The highest BCUT2D eigenvalue weighted by atomic mass is 32.2. The molecule has 0 bridgehead atoms. The van der Waals surface area contributed by atoms with Gasteiger partial charge in [-0.1, -0.05) is 0 Å². The van der Waals surface area contributed by atoms with Gasteiger partial charge in [-0.3, -0.25) is 4.79 Å². The van der Waals surface area contributed by atoms with Gasteiger partial charge in [0.2, 0.25) is 15.9 Å². The van der Waals surface area contributed by atoms with Crippen molar-refractivity contribution in [2.75, 3.05) is 53.3 Å². The van der Waals surface area contributed by atoms with E-state index in [-0.39, 0.29) is 23.8 Å². The molecule has 2 aromatic carbocycles. The van der Waals surface area contributed by atoms with Crippen LogP contribution in [0.5, 0.6) is 11.5 Å². The number of carbonyl (C=O) groups is 1. The van der Waals surface area contributed by atoms with Crippen molar-refractivity contribution in [1.29, 1.82) is 0 Å². The van der Waals surface area contributed by atoms with Gasteiger partial charge in [-0.15, -0.1) is 0 Å². The number of likely N-dealkylation sites (N-methyl/N-ethyl adjacent to an activating group) is 1. The molecule has 8 nitrogen and oxygen atoms in total. The van der Waals surface area contributed by atoms with Gasteiger partial charge in [0.25, 0.3) is 0 Å². The summed E-state index contributed by atoms with van der Waals surface area (Å²) in [5.41, 5.74) is 1.83. The van der Waals surface area contributed by atoms with Gasteiger partial charge in [0, 0.05) is 32.2 Å². The zero-order valence-corrected chi connectivity index (χ0v) is 20.5. The Balaban J connectivity index is 1.93. The topological polar surface area (TPSA) is 88.2 Å². The van der Waals surface area contributed by atoms with Gasteiger partial charge in [0.05, 0.1) is 12.0 Å². The zero-order valence-electron chi connectivity index (χ0n) is 19.6. The van der Waals surface area contributed by atoms with Gasteiger partial charge in [-0.05, 0) is 75.5 Å². The van der Waals surface area contributed by atoms with E-state index in [0.717, 1.165) is 12.3 Å². The predicted octanol–water partition coefficient (Wildman–Crippen LogP) is 2.90. The number of anilines is 1. The Kier molecular flexibility index (Phi) is 9.06. The number of aryl methyl sites for hydroxylation is 2. The highest BCUT2D eigenvalue weighted by molar-refractivity contribution is 7.89. The first kappa shape index (κ1) is 25.6. The number of nitrogens with one attached hydrogen (secondary N) is 1. The Labute approximate surface area is 191 Å². The first-order valence-electron chi connectivity index (χ1n) is 10.3. The first-order chi connectivity index (χ1) is 15.0. The lowest BCUT2D eigenvalue weighted by Gasteiger charge is -2.20. The van der Waals surface area contributed by atoms with Gasteiger partial charge in [0.15, 0.2) is 0 Å². The molecule has 0 aliphatic rings. The number of benzene rings is 2. The molecule has 1 amide bonds. The summed E-state index contributed by atoms with van der Waals surface area (Å²) in [6.45, 7) is 4.91. The van der Waals surface area contributed by atoms with Crippen LogP contribution in [0.4, 0.5) is 5.69 Å². The average Bonchev–Trinajstić information content (AvgIpc) is 2.72. The minimum Gasteiger partial charge on any atom is -0.497 e. The van der Waals surface area contributed by atoms with Crippen LogP contribution in [-0.2, 0) is 14.8 Å². The highest BCUT2D eigenvalue weighted by Gasteiger charge is 2.25. The van der Waals surface area contributed by atoms with Crippen LogP contribution in [0.15, 0.2) is 41.3 Å². The maximum atomic E-state index is 13.0.